The molecule has 0 spiro atoms. The minimum absolute atomic E-state index is 0.179. The van der Waals surface area contributed by atoms with Gasteiger partial charge in [0.2, 0.25) is 5.91 Å². The average Bonchev–Trinajstić information content (AvgIpc) is 1.33. The highest BCUT2D eigenvalue weighted by molar-refractivity contribution is 5.76. The third-order valence-electron chi connectivity index (χ3n) is 19.1. The molecule has 9 nitrogen and oxygen atoms in total. The number of hydrogen-bond acceptors (Lipinski definition) is 8. The summed E-state index contributed by atoms with van der Waals surface area (Å²) >= 11 is 0. The van der Waals surface area contributed by atoms with E-state index >= 15 is 0 Å². The largest absolute Gasteiger partial charge is 0.394 e. The molecule has 1 aliphatic heterocycles. The Bertz CT molecular complexity index is 1630. The lowest BCUT2D eigenvalue weighted by atomic mass is 9.99. The Labute approximate surface area is 564 Å². The zero-order valence-electron chi connectivity index (χ0n) is 60.1. The summed E-state index contributed by atoms with van der Waals surface area (Å²) in [5.41, 5.74) is 0. The lowest BCUT2D eigenvalue weighted by Crippen LogP contribution is -2.60. The van der Waals surface area contributed by atoms with Gasteiger partial charge in [0, 0.05) is 6.42 Å². The Balaban J connectivity index is 2.07. The van der Waals surface area contributed by atoms with Gasteiger partial charge in [-0.3, -0.25) is 4.79 Å². The number of carbonyl (C=O) groups is 1. The molecule has 9 heteroatoms. The molecule has 7 atom stereocenters. The topological polar surface area (TPSA) is 149 Å². The van der Waals surface area contributed by atoms with Gasteiger partial charge in [-0.05, 0) is 70.6 Å². The van der Waals surface area contributed by atoms with Gasteiger partial charge in [-0.15, -0.1) is 0 Å². The van der Waals surface area contributed by atoms with Crippen molar-refractivity contribution in [2.75, 3.05) is 13.2 Å². The van der Waals surface area contributed by atoms with Gasteiger partial charge in [-0.25, -0.2) is 0 Å². The minimum Gasteiger partial charge on any atom is -0.394 e. The van der Waals surface area contributed by atoms with E-state index in [0.717, 1.165) is 51.4 Å². The number of unbranched alkanes of at least 4 members (excludes halogenated alkanes) is 53. The molecule has 1 fully saturated rings. The molecule has 1 saturated heterocycles. The lowest BCUT2D eigenvalue weighted by molar-refractivity contribution is -0.302. The van der Waals surface area contributed by atoms with E-state index in [-0.39, 0.29) is 12.5 Å². The summed E-state index contributed by atoms with van der Waals surface area (Å²) in [6, 6.07) is -0.824. The molecule has 1 heterocycles. The molecule has 6 N–H and O–H groups in total. The second-order valence-electron chi connectivity index (χ2n) is 27.9. The monoisotopic (exact) mass is 1280 g/mol. The zero-order chi connectivity index (χ0) is 65.7. The van der Waals surface area contributed by atoms with Crippen molar-refractivity contribution in [3.63, 3.8) is 0 Å². The number of nitrogens with one attached hydrogen (secondary N) is 1. The number of aliphatic hydroxyl groups is 5. The minimum atomic E-state index is -1.57. The molecule has 0 aliphatic carbocycles. The average molecular weight is 1280 g/mol. The van der Waals surface area contributed by atoms with Gasteiger partial charge in [-0.2, -0.15) is 0 Å². The van der Waals surface area contributed by atoms with Crippen molar-refractivity contribution in [1.29, 1.82) is 0 Å². The van der Waals surface area contributed by atoms with Crippen LogP contribution < -0.4 is 5.32 Å². The number of amides is 1. The Morgan fingerprint density at radius 3 is 1.00 bits per heavy atom. The van der Waals surface area contributed by atoms with Crippen LogP contribution >= 0.6 is 0 Å². The summed E-state index contributed by atoms with van der Waals surface area (Å²) in [5, 5.41) is 54.9. The number of rotatable bonds is 71. The van der Waals surface area contributed by atoms with Gasteiger partial charge in [-0.1, -0.05) is 383 Å². The number of hydrogen-bond donors (Lipinski definition) is 6. The number of aliphatic hydroxyl groups excluding tert-OH is 5. The third kappa shape index (κ3) is 58.9. The number of ether oxygens (including phenoxy) is 2. The van der Waals surface area contributed by atoms with E-state index in [2.05, 4.69) is 67.8 Å². The van der Waals surface area contributed by atoms with E-state index in [1.165, 1.54) is 327 Å². The molecular weight excluding hydrogens is 1130 g/mol. The van der Waals surface area contributed by atoms with Crippen LogP contribution in [0.1, 0.15) is 399 Å². The van der Waals surface area contributed by atoms with E-state index in [1.807, 2.05) is 6.08 Å². The molecule has 7 unspecified atom stereocenters. The van der Waals surface area contributed by atoms with Crippen molar-refractivity contribution in [3.8, 4) is 0 Å². The van der Waals surface area contributed by atoms with Crippen LogP contribution in [-0.4, -0.2) is 87.5 Å². The predicted octanol–water partition coefficient (Wildman–Crippen LogP) is 22.9. The van der Waals surface area contributed by atoms with Crippen molar-refractivity contribution in [2.45, 2.75) is 442 Å². The molecular formula is C82H153NO8. The Kier molecular flexibility index (Phi) is 67.5. The summed E-state index contributed by atoms with van der Waals surface area (Å²) in [7, 11) is 0. The van der Waals surface area contributed by atoms with Crippen molar-refractivity contribution < 1.29 is 39.8 Å². The highest BCUT2D eigenvalue weighted by atomic mass is 16.7. The SMILES string of the molecule is CCCCCCC/C=C\C/C=C\C/C=C\CCCCCCCCCCCCCCCCCCCCCCCCCCC(=O)NC(COC1OC(CO)C(O)C(O)C1O)C(O)/C=C/CC/C=C/CCCCCCCCCCCCCCCCCCCCCCCCC. The maximum absolute atomic E-state index is 13.2. The molecule has 1 amide bonds. The number of carbonyl (C=O) groups excluding carboxylic acids is 1. The Morgan fingerprint density at radius 2 is 0.659 bits per heavy atom. The van der Waals surface area contributed by atoms with Gasteiger partial charge in [0.15, 0.2) is 6.29 Å². The maximum atomic E-state index is 13.2. The smallest absolute Gasteiger partial charge is 0.220 e. The second kappa shape index (κ2) is 70.7. The van der Waals surface area contributed by atoms with Gasteiger partial charge in [0.1, 0.15) is 24.4 Å². The summed E-state index contributed by atoms with van der Waals surface area (Å²) in [6.07, 6.45) is 92.3. The van der Waals surface area contributed by atoms with Crippen molar-refractivity contribution >= 4 is 5.91 Å². The number of allylic oxidation sites excluding steroid dienone is 9. The van der Waals surface area contributed by atoms with E-state index in [4.69, 9.17) is 9.47 Å². The van der Waals surface area contributed by atoms with E-state index < -0.39 is 49.5 Å². The first-order valence-electron chi connectivity index (χ1n) is 40.0. The van der Waals surface area contributed by atoms with Crippen LogP contribution in [0.4, 0.5) is 0 Å². The summed E-state index contributed by atoms with van der Waals surface area (Å²) in [4.78, 5) is 13.2. The lowest BCUT2D eigenvalue weighted by Gasteiger charge is -2.40. The van der Waals surface area contributed by atoms with Crippen LogP contribution in [0.15, 0.2) is 60.8 Å². The first-order valence-corrected chi connectivity index (χ1v) is 40.0. The third-order valence-corrected chi connectivity index (χ3v) is 19.1. The van der Waals surface area contributed by atoms with Crippen LogP contribution in [-0.2, 0) is 14.3 Å². The molecule has 0 radical (unpaired) electrons. The fourth-order valence-corrected chi connectivity index (χ4v) is 12.8. The first kappa shape index (κ1) is 86.9. The van der Waals surface area contributed by atoms with E-state index in [1.54, 1.807) is 6.08 Å². The van der Waals surface area contributed by atoms with Crippen molar-refractivity contribution in [2.24, 2.45) is 0 Å². The maximum Gasteiger partial charge on any atom is 0.220 e. The molecule has 0 saturated carbocycles. The van der Waals surface area contributed by atoms with Gasteiger partial charge >= 0.3 is 0 Å². The Morgan fingerprint density at radius 1 is 0.374 bits per heavy atom. The molecule has 1 rings (SSSR count). The van der Waals surface area contributed by atoms with Crippen LogP contribution in [0, 0.1) is 0 Å². The van der Waals surface area contributed by atoms with Crippen molar-refractivity contribution in [3.05, 3.63) is 60.8 Å². The van der Waals surface area contributed by atoms with Crippen LogP contribution in [0.2, 0.25) is 0 Å². The predicted molar refractivity (Wildman–Crippen MR) is 392 cm³/mol. The molecule has 0 bridgehead atoms. The van der Waals surface area contributed by atoms with Gasteiger partial charge < -0.3 is 40.3 Å². The van der Waals surface area contributed by atoms with E-state index in [0.29, 0.717) is 6.42 Å². The van der Waals surface area contributed by atoms with E-state index in [9.17, 15) is 30.3 Å². The fourth-order valence-electron chi connectivity index (χ4n) is 12.8. The summed E-state index contributed by atoms with van der Waals surface area (Å²) < 4.78 is 11.3. The molecule has 0 aromatic carbocycles. The molecule has 0 aromatic heterocycles. The Hall–Kier alpha value is -2.11. The van der Waals surface area contributed by atoms with Crippen LogP contribution in [0.25, 0.3) is 0 Å². The highest BCUT2D eigenvalue weighted by Gasteiger charge is 2.44. The first-order chi connectivity index (χ1) is 44.8. The molecule has 1 aliphatic rings. The van der Waals surface area contributed by atoms with Gasteiger partial charge in [0.05, 0.1) is 25.4 Å². The molecule has 0 aromatic rings. The van der Waals surface area contributed by atoms with Crippen molar-refractivity contribution in [1.82, 2.24) is 5.32 Å². The second-order valence-corrected chi connectivity index (χ2v) is 27.9. The zero-order valence-corrected chi connectivity index (χ0v) is 60.1. The fraction of sp³-hybridized carbons (Fsp3) is 0.866. The van der Waals surface area contributed by atoms with Crippen LogP contribution in [0.5, 0.6) is 0 Å². The normalized spacial score (nSPS) is 18.0. The summed E-state index contributed by atoms with van der Waals surface area (Å²) in [5.74, 6) is -0.179. The van der Waals surface area contributed by atoms with Gasteiger partial charge in [0.25, 0.3) is 0 Å². The standard InChI is InChI=1S/C82H153NO8/c1-3-5-7-9-11-13-15-17-19-21-23-25-27-29-31-33-34-35-36-37-38-39-40-41-42-44-46-48-50-52-54-56-58-60-62-64-66-68-70-72-78(86)83-75(74-90-82-81(89)80(88)79(87)77(73-84)91-82)76(85)71-69-67-65-63-61-59-57-55-53-51-49-47-45-43-32-30-28-26-24-22-20-18-16-14-12-10-8-6-4-2/h15,17,21,23,27,29,61,63,69,71,75-77,79-82,84-85,87-89H,3-14,16,18-20,22,24-26,28,30-60,62,64-68,70,72-74H2,1-2H3,(H,83,86)/b17-15-,23-21-,29-27-,63-61+,71-69+. The molecule has 534 valence electrons. The highest BCUT2D eigenvalue weighted by Crippen LogP contribution is 2.24. The molecule has 91 heavy (non-hydrogen) atoms. The quantitative estimate of drug-likeness (QED) is 0.0261. The van der Waals surface area contributed by atoms with Crippen LogP contribution in [0.3, 0.4) is 0 Å². The summed E-state index contributed by atoms with van der Waals surface area (Å²) in [6.45, 7) is 3.81.